The molecule has 82 valence electrons. The second-order valence-electron chi connectivity index (χ2n) is 2.98. The monoisotopic (exact) mass is 222 g/mol. The number of benzene rings is 1. The largest absolute Gasteiger partial charge is 0.474 e. The number of fused-ring (bicyclic) bond motifs is 1. The molecule has 2 rings (SSSR count). The van der Waals surface area contributed by atoms with Crippen molar-refractivity contribution in [2.75, 3.05) is 5.32 Å². The number of carboxylic acid groups (broad SMARTS) is 1. The topological polar surface area (TPSA) is 112 Å². The Morgan fingerprint density at radius 1 is 1.38 bits per heavy atom. The lowest BCUT2D eigenvalue weighted by Crippen LogP contribution is -2.21. The number of amides is 1. The molecule has 0 unspecified atom stereocenters. The minimum Gasteiger partial charge on any atom is -0.474 e. The molecule has 0 radical (unpaired) electrons. The van der Waals surface area contributed by atoms with Crippen LogP contribution in [0.4, 0.5) is 5.69 Å². The smallest absolute Gasteiger partial charge is 0.417 e. The molecule has 0 aliphatic carbocycles. The van der Waals surface area contributed by atoms with E-state index in [0.29, 0.717) is 5.52 Å². The predicted octanol–water partition coefficient (Wildman–Crippen LogP) is 0.144. The summed E-state index contributed by atoms with van der Waals surface area (Å²) in [7, 11) is 0. The van der Waals surface area contributed by atoms with Crippen LogP contribution in [-0.4, -0.2) is 22.0 Å². The number of carboxylic acids is 1. The number of nitrogens with one attached hydrogen (secondary N) is 2. The Morgan fingerprint density at radius 2 is 2.12 bits per heavy atom. The first-order valence-electron chi connectivity index (χ1n) is 4.23. The number of aliphatic carboxylic acids is 1. The van der Waals surface area contributed by atoms with Crippen LogP contribution in [0.25, 0.3) is 11.1 Å². The van der Waals surface area contributed by atoms with Gasteiger partial charge in [-0.2, -0.15) is 0 Å². The Kier molecular flexibility index (Phi) is 2.20. The maximum absolute atomic E-state index is 10.8. The van der Waals surface area contributed by atoms with Crippen molar-refractivity contribution in [1.82, 2.24) is 4.98 Å². The van der Waals surface area contributed by atoms with Crippen LogP contribution < -0.4 is 11.1 Å². The van der Waals surface area contributed by atoms with E-state index in [1.165, 1.54) is 18.2 Å². The molecule has 3 N–H and O–H groups in total. The Hall–Kier alpha value is -2.57. The van der Waals surface area contributed by atoms with Gasteiger partial charge in [0, 0.05) is 11.8 Å². The molecule has 1 aromatic heterocycles. The van der Waals surface area contributed by atoms with Crippen molar-refractivity contribution in [3.8, 4) is 0 Å². The highest BCUT2D eigenvalue weighted by atomic mass is 16.4. The lowest BCUT2D eigenvalue weighted by Gasteiger charge is -2.00. The maximum atomic E-state index is 10.8. The van der Waals surface area contributed by atoms with Crippen molar-refractivity contribution in [2.45, 2.75) is 0 Å². The molecular weight excluding hydrogens is 216 g/mol. The lowest BCUT2D eigenvalue weighted by atomic mass is 10.3. The molecule has 0 aliphatic heterocycles. The zero-order valence-corrected chi connectivity index (χ0v) is 7.81. The minimum absolute atomic E-state index is 0.239. The molecule has 1 amide bonds. The van der Waals surface area contributed by atoms with E-state index in [1.54, 1.807) is 0 Å². The Balaban J connectivity index is 2.36. The minimum atomic E-state index is -1.59. The molecule has 0 bridgehead atoms. The fourth-order valence-corrected chi connectivity index (χ4v) is 1.21. The molecular formula is C9H6N2O5. The summed E-state index contributed by atoms with van der Waals surface area (Å²) in [5.41, 5.74) is 0.953. The molecule has 0 atom stereocenters. The first kappa shape index (κ1) is 9.97. The predicted molar refractivity (Wildman–Crippen MR) is 53.1 cm³/mol. The first-order valence-corrected chi connectivity index (χ1v) is 4.23. The number of hydrogen-bond donors (Lipinski definition) is 3. The highest BCUT2D eigenvalue weighted by Gasteiger charge is 2.11. The third kappa shape index (κ3) is 1.78. The number of carbonyl (C=O) groups is 2. The summed E-state index contributed by atoms with van der Waals surface area (Å²) in [5, 5.41) is 10.5. The van der Waals surface area contributed by atoms with Crippen molar-refractivity contribution in [3.63, 3.8) is 0 Å². The molecule has 1 heterocycles. The van der Waals surface area contributed by atoms with Gasteiger partial charge in [0.25, 0.3) is 0 Å². The van der Waals surface area contributed by atoms with E-state index in [-0.39, 0.29) is 11.3 Å². The molecule has 0 spiro atoms. The number of carbonyl (C=O) groups excluding carboxylic acids is 1. The molecule has 0 saturated heterocycles. The van der Waals surface area contributed by atoms with Crippen LogP contribution in [0.15, 0.2) is 27.4 Å². The zero-order valence-electron chi connectivity index (χ0n) is 7.81. The fraction of sp³-hybridized carbons (Fsp3) is 0. The highest BCUT2D eigenvalue weighted by molar-refractivity contribution is 6.36. The number of aromatic nitrogens is 1. The third-order valence-electron chi connectivity index (χ3n) is 1.87. The first-order chi connectivity index (χ1) is 7.56. The number of H-pyrrole nitrogens is 1. The van der Waals surface area contributed by atoms with Crippen molar-refractivity contribution < 1.29 is 19.1 Å². The van der Waals surface area contributed by atoms with Crippen molar-refractivity contribution in [3.05, 3.63) is 28.7 Å². The van der Waals surface area contributed by atoms with E-state index in [1.807, 2.05) is 0 Å². The molecule has 0 saturated carbocycles. The van der Waals surface area contributed by atoms with Crippen molar-refractivity contribution >= 4 is 28.7 Å². The molecule has 1 aromatic carbocycles. The Bertz CT molecular complexity index is 624. The van der Waals surface area contributed by atoms with Crippen LogP contribution >= 0.6 is 0 Å². The van der Waals surface area contributed by atoms with Gasteiger partial charge in [-0.15, -0.1) is 0 Å². The van der Waals surface area contributed by atoms with Gasteiger partial charge in [-0.3, -0.25) is 9.78 Å². The summed E-state index contributed by atoms with van der Waals surface area (Å²) in [6.45, 7) is 0. The number of rotatable bonds is 1. The summed E-state index contributed by atoms with van der Waals surface area (Å²) in [6.07, 6.45) is 0. The molecule has 2 aromatic rings. The molecule has 16 heavy (non-hydrogen) atoms. The molecule has 7 nitrogen and oxygen atoms in total. The normalized spacial score (nSPS) is 10.2. The quantitative estimate of drug-likeness (QED) is 0.594. The van der Waals surface area contributed by atoms with Gasteiger partial charge in [0.05, 0.1) is 5.52 Å². The number of hydrogen-bond acceptors (Lipinski definition) is 4. The van der Waals surface area contributed by atoms with E-state index >= 15 is 0 Å². The van der Waals surface area contributed by atoms with Gasteiger partial charge in [-0.05, 0) is 12.1 Å². The average Bonchev–Trinajstić information content (AvgIpc) is 2.57. The summed E-state index contributed by atoms with van der Waals surface area (Å²) in [6, 6.07) is 4.31. The van der Waals surface area contributed by atoms with Gasteiger partial charge < -0.3 is 14.8 Å². The summed E-state index contributed by atoms with van der Waals surface area (Å²) >= 11 is 0. The number of anilines is 1. The van der Waals surface area contributed by atoms with Gasteiger partial charge in [0.2, 0.25) is 0 Å². The summed E-state index contributed by atoms with van der Waals surface area (Å²) in [4.78, 5) is 34.4. The molecule has 7 heteroatoms. The van der Waals surface area contributed by atoms with Crippen molar-refractivity contribution in [1.29, 1.82) is 0 Å². The van der Waals surface area contributed by atoms with E-state index < -0.39 is 17.6 Å². The summed E-state index contributed by atoms with van der Waals surface area (Å²) in [5.74, 6) is -3.36. The van der Waals surface area contributed by atoms with Gasteiger partial charge in [-0.1, -0.05) is 0 Å². The third-order valence-corrected chi connectivity index (χ3v) is 1.87. The van der Waals surface area contributed by atoms with E-state index in [2.05, 4.69) is 10.3 Å². The standard InChI is InChI=1S/C9H6N2O5/c12-7(8(13)14)10-4-1-2-5-6(3-4)16-9(15)11-5/h1-3H,(H,10,12)(H,11,15)(H,13,14). The maximum Gasteiger partial charge on any atom is 0.417 e. The second-order valence-corrected chi connectivity index (χ2v) is 2.98. The van der Waals surface area contributed by atoms with Gasteiger partial charge in [0.1, 0.15) is 0 Å². The number of aromatic amines is 1. The van der Waals surface area contributed by atoms with E-state index in [4.69, 9.17) is 9.52 Å². The van der Waals surface area contributed by atoms with Gasteiger partial charge in [-0.25, -0.2) is 9.59 Å². The fourth-order valence-electron chi connectivity index (χ4n) is 1.21. The van der Waals surface area contributed by atoms with Crippen LogP contribution in [0.5, 0.6) is 0 Å². The van der Waals surface area contributed by atoms with Gasteiger partial charge >= 0.3 is 17.6 Å². The lowest BCUT2D eigenvalue weighted by molar-refractivity contribution is -0.147. The zero-order chi connectivity index (χ0) is 11.7. The highest BCUT2D eigenvalue weighted by Crippen LogP contribution is 2.15. The van der Waals surface area contributed by atoms with Crippen molar-refractivity contribution in [2.24, 2.45) is 0 Å². The second kappa shape index (κ2) is 3.54. The molecule has 0 aliphatic rings. The Labute approximate surface area is 87.7 Å². The average molecular weight is 222 g/mol. The van der Waals surface area contributed by atoms with Gasteiger partial charge in [0.15, 0.2) is 5.58 Å². The number of oxazole rings is 1. The Morgan fingerprint density at radius 3 is 2.81 bits per heavy atom. The van der Waals surface area contributed by atoms with Crippen LogP contribution in [0.1, 0.15) is 0 Å². The summed E-state index contributed by atoms with van der Waals surface area (Å²) < 4.78 is 4.74. The van der Waals surface area contributed by atoms with Crippen LogP contribution in [0.2, 0.25) is 0 Å². The van der Waals surface area contributed by atoms with Crippen LogP contribution in [0, 0.1) is 0 Å². The van der Waals surface area contributed by atoms with E-state index in [9.17, 15) is 14.4 Å². The molecule has 0 fully saturated rings. The van der Waals surface area contributed by atoms with Crippen LogP contribution in [0.3, 0.4) is 0 Å². The van der Waals surface area contributed by atoms with E-state index in [0.717, 1.165) is 0 Å². The SMILES string of the molecule is O=C(O)C(=O)Nc1ccc2[nH]c(=O)oc2c1. The van der Waals surface area contributed by atoms with Crippen LogP contribution in [-0.2, 0) is 9.59 Å².